The minimum Gasteiger partial charge on any atom is -0.369 e. The summed E-state index contributed by atoms with van der Waals surface area (Å²) in [6, 6.07) is 14.3. The minimum absolute atomic E-state index is 0.0420. The van der Waals surface area contributed by atoms with Crippen LogP contribution in [0.1, 0.15) is 44.2 Å². The van der Waals surface area contributed by atoms with Crippen molar-refractivity contribution in [2.24, 2.45) is 5.92 Å². The van der Waals surface area contributed by atoms with Gasteiger partial charge in [0, 0.05) is 62.6 Å². The van der Waals surface area contributed by atoms with Crippen LogP contribution in [0.3, 0.4) is 0 Å². The van der Waals surface area contributed by atoms with E-state index in [9.17, 15) is 18.0 Å². The van der Waals surface area contributed by atoms with Crippen molar-refractivity contribution in [1.29, 1.82) is 0 Å². The zero-order valence-corrected chi connectivity index (χ0v) is 22.1. The highest BCUT2D eigenvalue weighted by atomic mass is 19.4. The molecule has 4 rings (SSSR count). The average molecular weight is 517 g/mol. The predicted molar refractivity (Wildman–Crippen MR) is 143 cm³/mol. The molecule has 202 valence electrons. The summed E-state index contributed by atoms with van der Waals surface area (Å²) in [4.78, 5) is 19.8. The molecule has 0 spiro atoms. The highest BCUT2D eigenvalue weighted by Gasteiger charge is 2.36. The second kappa shape index (κ2) is 11.9. The highest BCUT2D eigenvalue weighted by molar-refractivity contribution is 5.90. The van der Waals surface area contributed by atoms with E-state index < -0.39 is 11.7 Å². The zero-order valence-electron chi connectivity index (χ0n) is 22.1. The van der Waals surface area contributed by atoms with E-state index >= 15 is 0 Å². The number of aryl methyl sites for hydroxylation is 1. The summed E-state index contributed by atoms with van der Waals surface area (Å²) >= 11 is 0. The van der Waals surface area contributed by atoms with Gasteiger partial charge < -0.3 is 15.1 Å². The second-order valence-corrected chi connectivity index (χ2v) is 10.7. The Morgan fingerprint density at radius 3 is 2.43 bits per heavy atom. The van der Waals surface area contributed by atoms with Gasteiger partial charge in [0.15, 0.2) is 0 Å². The third-order valence-electron chi connectivity index (χ3n) is 7.82. The summed E-state index contributed by atoms with van der Waals surface area (Å²) in [6.45, 7) is 11.5. The number of nitrogens with zero attached hydrogens (tertiary/aromatic N) is 3. The van der Waals surface area contributed by atoms with Crippen LogP contribution in [0.2, 0.25) is 0 Å². The van der Waals surface area contributed by atoms with Gasteiger partial charge in [0.05, 0.1) is 5.56 Å². The normalized spacial score (nSPS) is 21.9. The summed E-state index contributed by atoms with van der Waals surface area (Å²) in [5.74, 6) is 0.417. The van der Waals surface area contributed by atoms with Gasteiger partial charge in [0.2, 0.25) is 5.91 Å². The molecule has 1 amide bonds. The van der Waals surface area contributed by atoms with Gasteiger partial charge in [-0.3, -0.25) is 9.69 Å². The topological polar surface area (TPSA) is 38.8 Å². The van der Waals surface area contributed by atoms with Crippen LogP contribution in [0.15, 0.2) is 48.5 Å². The van der Waals surface area contributed by atoms with Crippen LogP contribution in [0.4, 0.5) is 24.5 Å². The van der Waals surface area contributed by atoms with Gasteiger partial charge in [-0.05, 0) is 82.0 Å². The number of carbonyl (C=O) groups is 1. The first kappa shape index (κ1) is 27.5. The molecular formula is C29H39F3N4O. The molecule has 2 fully saturated rings. The first-order valence-corrected chi connectivity index (χ1v) is 13.4. The van der Waals surface area contributed by atoms with Gasteiger partial charge in [0.25, 0.3) is 0 Å². The first-order valence-electron chi connectivity index (χ1n) is 13.4. The smallest absolute Gasteiger partial charge is 0.369 e. The van der Waals surface area contributed by atoms with Gasteiger partial charge >= 0.3 is 6.18 Å². The Kier molecular flexibility index (Phi) is 8.80. The number of rotatable bonds is 7. The molecule has 0 aromatic heterocycles. The molecule has 2 atom stereocenters. The van der Waals surface area contributed by atoms with E-state index in [0.29, 0.717) is 43.2 Å². The summed E-state index contributed by atoms with van der Waals surface area (Å²) in [5, 5.41) is 3.04. The van der Waals surface area contributed by atoms with E-state index in [1.165, 1.54) is 12.1 Å². The van der Waals surface area contributed by atoms with Crippen molar-refractivity contribution in [2.45, 2.75) is 58.3 Å². The number of anilines is 2. The summed E-state index contributed by atoms with van der Waals surface area (Å²) in [7, 11) is 0. The molecule has 2 saturated heterocycles. The first-order chi connectivity index (χ1) is 17.6. The molecule has 0 saturated carbocycles. The number of benzene rings is 2. The van der Waals surface area contributed by atoms with Crippen molar-refractivity contribution in [3.8, 4) is 0 Å². The third kappa shape index (κ3) is 7.26. The fraction of sp³-hybridized carbons (Fsp3) is 0.552. The maximum Gasteiger partial charge on any atom is 0.416 e. The fourth-order valence-electron chi connectivity index (χ4n) is 5.73. The Bertz CT molecular complexity index is 1050. The maximum absolute atomic E-state index is 13.2. The molecule has 1 N–H and O–H groups in total. The van der Waals surface area contributed by atoms with E-state index in [4.69, 9.17) is 0 Å². The molecule has 0 bridgehead atoms. The van der Waals surface area contributed by atoms with Crippen molar-refractivity contribution in [1.82, 2.24) is 9.80 Å². The number of halogens is 3. The second-order valence-electron chi connectivity index (χ2n) is 10.7. The number of piperazine rings is 1. The third-order valence-corrected chi connectivity index (χ3v) is 7.82. The number of likely N-dealkylation sites (tertiary alicyclic amines) is 1. The number of hydrogen-bond acceptors (Lipinski definition) is 4. The number of carbonyl (C=O) groups excluding carboxylic acids is 1. The van der Waals surface area contributed by atoms with Crippen LogP contribution in [0, 0.1) is 12.8 Å². The lowest BCUT2D eigenvalue weighted by atomic mass is 9.86. The molecule has 0 aliphatic carbocycles. The number of nitrogens with one attached hydrogen (secondary N) is 1. The molecule has 0 radical (unpaired) electrons. The van der Waals surface area contributed by atoms with Crippen LogP contribution in [0.5, 0.6) is 0 Å². The molecule has 2 aliphatic rings. The van der Waals surface area contributed by atoms with Crippen LogP contribution in [0.25, 0.3) is 0 Å². The number of alkyl halides is 3. The standard InChI is InChI=1S/C29H39F3N4O/c1-21(2)36-13-12-27(23(20-36)10-11-28(37)33-25-8-4-6-22(3)18-25)35-16-14-34(15-17-35)26-9-5-7-24(19-26)29(30,31)32/h4-9,18-19,21,23,27H,10-17,20H2,1-3H3,(H,33,37)/t23-,27+/m0/s1. The van der Waals surface area contributed by atoms with E-state index in [1.807, 2.05) is 31.2 Å². The molecule has 5 nitrogen and oxygen atoms in total. The van der Waals surface area contributed by atoms with E-state index in [1.54, 1.807) is 6.07 Å². The monoisotopic (exact) mass is 516 g/mol. The Morgan fingerprint density at radius 2 is 1.76 bits per heavy atom. The van der Waals surface area contributed by atoms with E-state index in [-0.39, 0.29) is 5.91 Å². The largest absolute Gasteiger partial charge is 0.416 e. The van der Waals surface area contributed by atoms with Crippen LogP contribution < -0.4 is 10.2 Å². The molecule has 37 heavy (non-hydrogen) atoms. The SMILES string of the molecule is Cc1cccc(NC(=O)CC[C@H]2CN(C(C)C)CC[C@H]2N2CCN(c3cccc(C(F)(F)F)c3)CC2)c1. The van der Waals surface area contributed by atoms with Gasteiger partial charge in [-0.15, -0.1) is 0 Å². The average Bonchev–Trinajstić information content (AvgIpc) is 2.87. The summed E-state index contributed by atoms with van der Waals surface area (Å²) < 4.78 is 39.5. The van der Waals surface area contributed by atoms with Gasteiger partial charge in [-0.25, -0.2) is 0 Å². The summed E-state index contributed by atoms with van der Waals surface area (Å²) in [6.07, 6.45) is -1.99. The van der Waals surface area contributed by atoms with Gasteiger partial charge in [-0.1, -0.05) is 18.2 Å². The lowest BCUT2D eigenvalue weighted by Crippen LogP contribution is -2.57. The molecule has 0 unspecified atom stereocenters. The number of piperidine rings is 1. The molecule has 2 heterocycles. The molecule has 2 aromatic carbocycles. The Morgan fingerprint density at radius 1 is 1.03 bits per heavy atom. The van der Waals surface area contributed by atoms with Crippen molar-refractivity contribution in [2.75, 3.05) is 49.5 Å². The van der Waals surface area contributed by atoms with Crippen LogP contribution in [-0.4, -0.2) is 67.1 Å². The molecule has 2 aromatic rings. The molecular weight excluding hydrogens is 477 g/mol. The van der Waals surface area contributed by atoms with Crippen molar-refractivity contribution >= 4 is 17.3 Å². The molecule has 2 aliphatic heterocycles. The van der Waals surface area contributed by atoms with Crippen LogP contribution in [-0.2, 0) is 11.0 Å². The maximum atomic E-state index is 13.2. The Balaban J connectivity index is 1.37. The highest BCUT2D eigenvalue weighted by Crippen LogP contribution is 2.33. The Hall–Kier alpha value is -2.58. The number of hydrogen-bond donors (Lipinski definition) is 1. The summed E-state index contributed by atoms with van der Waals surface area (Å²) in [5.41, 5.74) is 1.98. The quantitative estimate of drug-likeness (QED) is 0.516. The van der Waals surface area contributed by atoms with Crippen molar-refractivity contribution < 1.29 is 18.0 Å². The number of amides is 1. The zero-order chi connectivity index (χ0) is 26.6. The van der Waals surface area contributed by atoms with Crippen molar-refractivity contribution in [3.63, 3.8) is 0 Å². The molecule has 8 heteroatoms. The van der Waals surface area contributed by atoms with E-state index in [0.717, 1.165) is 56.3 Å². The lowest BCUT2D eigenvalue weighted by molar-refractivity contribution is -0.137. The Labute approximate surface area is 218 Å². The fourth-order valence-corrected chi connectivity index (χ4v) is 5.73. The van der Waals surface area contributed by atoms with Gasteiger partial charge in [-0.2, -0.15) is 13.2 Å². The van der Waals surface area contributed by atoms with Gasteiger partial charge in [0.1, 0.15) is 0 Å². The van der Waals surface area contributed by atoms with Crippen molar-refractivity contribution in [3.05, 3.63) is 59.7 Å². The predicted octanol–water partition coefficient (Wildman–Crippen LogP) is 5.65. The lowest BCUT2D eigenvalue weighted by Gasteiger charge is -2.48. The minimum atomic E-state index is -4.33. The van der Waals surface area contributed by atoms with Crippen LogP contribution >= 0.6 is 0 Å². The van der Waals surface area contributed by atoms with E-state index in [2.05, 4.69) is 33.9 Å².